The van der Waals surface area contributed by atoms with E-state index >= 15 is 0 Å². The van der Waals surface area contributed by atoms with Crippen molar-refractivity contribution in [2.45, 2.75) is 0 Å². The van der Waals surface area contributed by atoms with Gasteiger partial charge in [0.15, 0.2) is 0 Å². The van der Waals surface area contributed by atoms with Gasteiger partial charge < -0.3 is 14.4 Å². The van der Waals surface area contributed by atoms with Crippen molar-refractivity contribution in [3.05, 3.63) is 35.9 Å². The van der Waals surface area contributed by atoms with E-state index in [-0.39, 0.29) is 14.3 Å². The van der Waals surface area contributed by atoms with E-state index in [0.717, 1.165) is 5.56 Å². The normalized spacial score (nSPS) is 9.93. The molecule has 0 atom stereocenters. The number of benzene rings is 1. The fourth-order valence-electron chi connectivity index (χ4n) is 1.09. The highest BCUT2D eigenvalue weighted by atomic mass is 16.5. The quantitative estimate of drug-likeness (QED) is 0.418. The molecule has 0 heterocycles. The first-order chi connectivity index (χ1) is 7.38. The summed E-state index contributed by atoms with van der Waals surface area (Å²) in [6, 6.07) is 7.24. The molecule has 0 spiro atoms. The molecule has 0 bridgehead atoms. The Morgan fingerprint density at radius 1 is 1.40 bits per heavy atom. The summed E-state index contributed by atoms with van der Waals surface area (Å²) < 4.78 is 9.49. The van der Waals surface area contributed by atoms with Crippen LogP contribution in [0.1, 0.15) is 5.56 Å². The van der Waals surface area contributed by atoms with E-state index in [1.165, 1.54) is 0 Å². The zero-order chi connectivity index (χ0) is 10.9. The van der Waals surface area contributed by atoms with Gasteiger partial charge in [-0.15, -0.1) is 0 Å². The number of carbonyl (C=O) groups excluding carboxylic acids is 1. The van der Waals surface area contributed by atoms with Gasteiger partial charge in [-0.3, -0.25) is 4.79 Å². The summed E-state index contributed by atoms with van der Waals surface area (Å²) in [5.41, 5.74) is 0.820. The third-order valence-corrected chi connectivity index (χ3v) is 1.70. The van der Waals surface area contributed by atoms with Crippen LogP contribution in [0.3, 0.4) is 0 Å². The molecule has 0 aromatic heterocycles. The second-order valence-corrected chi connectivity index (χ2v) is 2.64. The molecular weight excluding hydrogens is 195 g/mol. The van der Waals surface area contributed by atoms with Crippen molar-refractivity contribution < 1.29 is 19.2 Å². The van der Waals surface area contributed by atoms with Crippen LogP contribution < -0.4 is 4.65 Å². The van der Waals surface area contributed by atoms with Crippen LogP contribution in [-0.4, -0.2) is 25.8 Å². The Hall–Kier alpha value is -1.75. The van der Waals surface area contributed by atoms with Crippen molar-refractivity contribution in [2.75, 3.05) is 6.61 Å². The lowest BCUT2D eigenvalue weighted by Gasteiger charge is -2.05. The molecule has 78 valence electrons. The summed E-state index contributed by atoms with van der Waals surface area (Å²) in [6.07, 6.45) is 3.45. The van der Waals surface area contributed by atoms with E-state index in [9.17, 15) is 4.79 Å². The summed E-state index contributed by atoms with van der Waals surface area (Å²) in [7, 11) is -0.365. The van der Waals surface area contributed by atoms with E-state index in [4.69, 9.17) is 9.68 Å². The average Bonchev–Trinajstić information content (AvgIpc) is 2.27. The maximum absolute atomic E-state index is 9.87. The van der Waals surface area contributed by atoms with Crippen molar-refractivity contribution in [3.63, 3.8) is 0 Å². The predicted molar refractivity (Wildman–Crippen MR) is 57.5 cm³/mol. The lowest BCUT2D eigenvalue weighted by molar-refractivity contribution is -0.127. The highest BCUT2D eigenvalue weighted by molar-refractivity contribution is 6.17. The Morgan fingerprint density at radius 3 is 2.93 bits per heavy atom. The largest absolute Gasteiger partial charge is 0.538 e. The summed E-state index contributed by atoms with van der Waals surface area (Å²) >= 11 is 0. The molecule has 0 unspecified atom stereocenters. The average molecular weight is 206 g/mol. The van der Waals surface area contributed by atoms with Gasteiger partial charge in [0.1, 0.15) is 12.4 Å². The predicted octanol–water partition coefficient (Wildman–Crippen LogP) is 0.510. The third-order valence-electron chi connectivity index (χ3n) is 1.70. The Bertz CT molecular complexity index is 338. The molecule has 1 aromatic carbocycles. The van der Waals surface area contributed by atoms with E-state index in [1.807, 2.05) is 18.2 Å². The molecule has 0 amide bonds. The molecule has 1 aromatic rings. The molecule has 0 radical (unpaired) electrons. The maximum Gasteiger partial charge on any atom is 0.504 e. The topological polar surface area (TPSA) is 55.8 Å². The van der Waals surface area contributed by atoms with E-state index in [2.05, 4.69) is 4.74 Å². The molecule has 0 saturated heterocycles. The van der Waals surface area contributed by atoms with Crippen molar-refractivity contribution in [3.8, 4) is 5.75 Å². The highest BCUT2D eigenvalue weighted by Gasteiger charge is 1.98. The Balaban J connectivity index is 2.65. The second-order valence-electron chi connectivity index (χ2n) is 2.64. The van der Waals surface area contributed by atoms with Crippen molar-refractivity contribution in [1.82, 2.24) is 0 Å². The van der Waals surface area contributed by atoms with Crippen LogP contribution in [0.4, 0.5) is 0 Å². The molecule has 0 saturated carbocycles. The third kappa shape index (κ3) is 3.87. The van der Waals surface area contributed by atoms with Gasteiger partial charge in [0.2, 0.25) is 0 Å². The molecule has 1 N–H and O–H groups in total. The Kier molecular flexibility index (Phi) is 5.04. The number of rotatable bonds is 6. The first-order valence-corrected chi connectivity index (χ1v) is 4.43. The second kappa shape index (κ2) is 6.67. The van der Waals surface area contributed by atoms with Crippen LogP contribution in [0.2, 0.25) is 0 Å². The number of hydrogen-bond acceptors (Lipinski definition) is 4. The number of para-hydroxylation sites is 1. The molecule has 0 aliphatic heterocycles. The lowest BCUT2D eigenvalue weighted by atomic mass is 10.2. The van der Waals surface area contributed by atoms with Crippen molar-refractivity contribution in [1.29, 1.82) is 0 Å². The van der Waals surface area contributed by atoms with Gasteiger partial charge in [-0.1, -0.05) is 24.3 Å². The summed E-state index contributed by atoms with van der Waals surface area (Å²) in [4.78, 5) is 9.87. The zero-order valence-corrected chi connectivity index (χ0v) is 8.13. The summed E-state index contributed by atoms with van der Waals surface area (Å²) in [6.45, 7) is 0.609. The van der Waals surface area contributed by atoms with Gasteiger partial charge >= 0.3 is 7.69 Å². The number of ether oxygens (including phenoxy) is 1. The van der Waals surface area contributed by atoms with Crippen LogP contribution in [0.5, 0.6) is 5.75 Å². The molecule has 0 fully saturated rings. The van der Waals surface area contributed by atoms with E-state index < -0.39 is 0 Å². The smallest absolute Gasteiger partial charge is 0.504 e. The van der Waals surface area contributed by atoms with Gasteiger partial charge in [-0.25, -0.2) is 0 Å². The van der Waals surface area contributed by atoms with Gasteiger partial charge in [0, 0.05) is 5.56 Å². The standard InChI is InChI=1S/C10H11BO4/c12-8-14-7-3-5-9-4-1-2-6-10(9)15-11-13/h1-6,8,11,13H,7H2/b5-3+. The first kappa shape index (κ1) is 11.3. The van der Waals surface area contributed by atoms with E-state index in [1.54, 1.807) is 18.2 Å². The molecule has 15 heavy (non-hydrogen) atoms. The van der Waals surface area contributed by atoms with Gasteiger partial charge in [-0.2, -0.15) is 0 Å². The SMILES string of the molecule is O=COC/C=C/c1ccccc1OBO. The molecule has 0 aliphatic rings. The van der Waals surface area contributed by atoms with Gasteiger partial charge in [0.05, 0.1) is 0 Å². The van der Waals surface area contributed by atoms with Crippen LogP contribution in [0.15, 0.2) is 30.3 Å². The van der Waals surface area contributed by atoms with Crippen LogP contribution in [0.25, 0.3) is 6.08 Å². The number of carbonyl (C=O) groups is 1. The van der Waals surface area contributed by atoms with Crippen LogP contribution >= 0.6 is 0 Å². The van der Waals surface area contributed by atoms with Crippen LogP contribution in [0, 0.1) is 0 Å². The Morgan fingerprint density at radius 2 is 2.20 bits per heavy atom. The fourth-order valence-corrected chi connectivity index (χ4v) is 1.09. The maximum atomic E-state index is 9.87. The molecular formula is C10H11BO4. The van der Waals surface area contributed by atoms with Crippen molar-refractivity contribution in [2.24, 2.45) is 0 Å². The minimum Gasteiger partial charge on any atom is -0.538 e. The molecule has 1 rings (SSSR count). The molecule has 4 nitrogen and oxygen atoms in total. The van der Waals surface area contributed by atoms with E-state index in [0.29, 0.717) is 12.2 Å². The lowest BCUT2D eigenvalue weighted by Crippen LogP contribution is -2.00. The Labute approximate surface area is 88.4 Å². The zero-order valence-electron chi connectivity index (χ0n) is 8.13. The first-order valence-electron chi connectivity index (χ1n) is 4.43. The molecule has 0 aliphatic carbocycles. The fraction of sp³-hybridized carbons (Fsp3) is 0.100. The summed E-state index contributed by atoms with van der Waals surface area (Å²) in [5, 5.41) is 8.64. The van der Waals surface area contributed by atoms with Gasteiger partial charge in [-0.05, 0) is 12.1 Å². The van der Waals surface area contributed by atoms with Gasteiger partial charge in [0.25, 0.3) is 6.47 Å². The van der Waals surface area contributed by atoms with Crippen LogP contribution in [-0.2, 0) is 9.53 Å². The highest BCUT2D eigenvalue weighted by Crippen LogP contribution is 2.18. The monoisotopic (exact) mass is 206 g/mol. The minimum atomic E-state index is -0.365. The molecule has 5 heteroatoms. The number of hydrogen-bond donors (Lipinski definition) is 1. The van der Waals surface area contributed by atoms with Crippen molar-refractivity contribution >= 4 is 20.2 Å². The minimum absolute atomic E-state index is 0.219. The summed E-state index contributed by atoms with van der Waals surface area (Å²) in [5.74, 6) is 0.586.